The zero-order chi connectivity index (χ0) is 18.8. The van der Waals surface area contributed by atoms with Crippen molar-refractivity contribution >= 4 is 28.3 Å². The number of aromatic nitrogens is 2. The van der Waals surface area contributed by atoms with Gasteiger partial charge in [-0.25, -0.2) is 9.97 Å². The van der Waals surface area contributed by atoms with Gasteiger partial charge in [-0.15, -0.1) is 0 Å². The van der Waals surface area contributed by atoms with E-state index < -0.39 is 0 Å². The summed E-state index contributed by atoms with van der Waals surface area (Å²) in [5, 5.41) is 4.06. The highest BCUT2D eigenvalue weighted by molar-refractivity contribution is 5.99. The zero-order valence-electron chi connectivity index (χ0n) is 15.7. The third-order valence-corrected chi connectivity index (χ3v) is 5.19. The smallest absolute Gasteiger partial charge is 0.247 e. The number of benzene rings is 2. The van der Waals surface area contributed by atoms with E-state index in [0.29, 0.717) is 5.92 Å². The van der Waals surface area contributed by atoms with E-state index in [9.17, 15) is 4.79 Å². The maximum atomic E-state index is 13.0. The molecule has 1 aliphatic heterocycles. The van der Waals surface area contributed by atoms with Crippen molar-refractivity contribution in [2.24, 2.45) is 0 Å². The minimum absolute atomic E-state index is 0.0208. The summed E-state index contributed by atoms with van der Waals surface area (Å²) < 4.78 is 0. The first kappa shape index (κ1) is 17.5. The summed E-state index contributed by atoms with van der Waals surface area (Å²) in [6, 6.07) is 15.8. The lowest BCUT2D eigenvalue weighted by Crippen LogP contribution is -2.40. The Bertz CT molecular complexity index is 947. The molecule has 1 N–H and O–H groups in total. The number of hydrogen-bond acceptors (Lipinski definition) is 4. The van der Waals surface area contributed by atoms with Gasteiger partial charge in [0.1, 0.15) is 18.2 Å². The predicted molar refractivity (Wildman–Crippen MR) is 109 cm³/mol. The number of fused-ring (bicyclic) bond motifs is 1. The van der Waals surface area contributed by atoms with Crippen molar-refractivity contribution in [3.05, 3.63) is 60.4 Å². The van der Waals surface area contributed by atoms with Gasteiger partial charge in [0.25, 0.3) is 0 Å². The van der Waals surface area contributed by atoms with E-state index >= 15 is 0 Å². The van der Waals surface area contributed by atoms with Gasteiger partial charge in [-0.05, 0) is 48.6 Å². The minimum Gasteiger partial charge on any atom is -0.344 e. The lowest BCUT2D eigenvalue weighted by molar-refractivity contribution is -0.117. The van der Waals surface area contributed by atoms with Gasteiger partial charge in [0, 0.05) is 17.6 Å². The van der Waals surface area contributed by atoms with Crippen molar-refractivity contribution < 1.29 is 4.79 Å². The van der Waals surface area contributed by atoms with Crippen LogP contribution >= 0.6 is 0 Å². The molecule has 1 saturated heterocycles. The monoisotopic (exact) mass is 360 g/mol. The summed E-state index contributed by atoms with van der Waals surface area (Å²) in [5.74, 6) is 1.34. The third-order valence-electron chi connectivity index (χ3n) is 5.19. The topological polar surface area (TPSA) is 58.1 Å². The largest absolute Gasteiger partial charge is 0.344 e. The molecule has 0 spiro atoms. The Balaban J connectivity index is 1.56. The Labute approximate surface area is 159 Å². The molecular weight excluding hydrogens is 336 g/mol. The summed E-state index contributed by atoms with van der Waals surface area (Å²) in [6.45, 7) is 5.15. The number of nitrogens with one attached hydrogen (secondary N) is 1. The molecule has 2 heterocycles. The van der Waals surface area contributed by atoms with Gasteiger partial charge in [0.2, 0.25) is 5.91 Å². The number of amides is 1. The maximum Gasteiger partial charge on any atom is 0.247 e. The molecule has 5 nitrogen and oxygen atoms in total. The summed E-state index contributed by atoms with van der Waals surface area (Å²) in [6.07, 6.45) is 3.38. The summed E-state index contributed by atoms with van der Waals surface area (Å²) in [5.41, 5.74) is 3.00. The van der Waals surface area contributed by atoms with Gasteiger partial charge >= 0.3 is 0 Å². The zero-order valence-corrected chi connectivity index (χ0v) is 15.7. The molecule has 0 bridgehead atoms. The number of carbonyl (C=O) groups is 1. The van der Waals surface area contributed by atoms with Crippen LogP contribution in [0.15, 0.2) is 54.9 Å². The standard InChI is InChI=1S/C22H24N4O/c1-15(2)16-9-11-17(12-10-16)25-22(27)20-8-5-13-26(20)21-18-6-3-4-7-19(18)23-14-24-21/h3-4,6-7,9-12,14-15,20H,5,8,13H2,1-2H3,(H,25,27). The maximum absolute atomic E-state index is 13.0. The molecule has 1 aromatic heterocycles. The van der Waals surface area contributed by atoms with Crippen LogP contribution in [0.1, 0.15) is 38.2 Å². The quantitative estimate of drug-likeness (QED) is 0.751. The number of anilines is 2. The Hall–Kier alpha value is -2.95. The van der Waals surface area contributed by atoms with E-state index in [2.05, 4.69) is 46.2 Å². The van der Waals surface area contributed by atoms with Crippen LogP contribution in [0.25, 0.3) is 10.9 Å². The Kier molecular flexibility index (Phi) is 4.75. The van der Waals surface area contributed by atoms with Crippen molar-refractivity contribution in [1.29, 1.82) is 0 Å². The molecule has 27 heavy (non-hydrogen) atoms. The van der Waals surface area contributed by atoms with Crippen molar-refractivity contribution in [3.63, 3.8) is 0 Å². The van der Waals surface area contributed by atoms with Crippen molar-refractivity contribution in [2.45, 2.75) is 38.6 Å². The first-order valence-corrected chi connectivity index (χ1v) is 9.50. The van der Waals surface area contributed by atoms with Crippen molar-refractivity contribution in [1.82, 2.24) is 9.97 Å². The number of rotatable bonds is 4. The number of para-hydroxylation sites is 1. The van der Waals surface area contributed by atoms with Gasteiger partial charge in [-0.2, -0.15) is 0 Å². The fourth-order valence-corrected chi connectivity index (χ4v) is 3.69. The lowest BCUT2D eigenvalue weighted by atomic mass is 10.0. The predicted octanol–water partition coefficient (Wildman–Crippen LogP) is 4.36. The molecule has 0 radical (unpaired) electrons. The van der Waals surface area contributed by atoms with Crippen LogP contribution in [-0.2, 0) is 4.79 Å². The van der Waals surface area contributed by atoms with Crippen LogP contribution in [-0.4, -0.2) is 28.5 Å². The molecule has 1 unspecified atom stereocenters. The summed E-state index contributed by atoms with van der Waals surface area (Å²) in [7, 11) is 0. The Morgan fingerprint density at radius 2 is 1.89 bits per heavy atom. The lowest BCUT2D eigenvalue weighted by Gasteiger charge is -2.25. The molecule has 4 rings (SSSR count). The number of carbonyl (C=O) groups excluding carboxylic acids is 1. The molecular formula is C22H24N4O. The number of nitrogens with zero attached hydrogens (tertiary/aromatic N) is 3. The second-order valence-electron chi connectivity index (χ2n) is 7.33. The fraction of sp³-hybridized carbons (Fsp3) is 0.318. The summed E-state index contributed by atoms with van der Waals surface area (Å²) in [4.78, 5) is 23.9. The Morgan fingerprint density at radius 1 is 1.11 bits per heavy atom. The second kappa shape index (κ2) is 7.35. The van der Waals surface area contributed by atoms with E-state index in [1.54, 1.807) is 6.33 Å². The molecule has 1 fully saturated rings. The highest BCUT2D eigenvalue weighted by Gasteiger charge is 2.32. The van der Waals surface area contributed by atoms with Crippen LogP contribution in [0.3, 0.4) is 0 Å². The molecule has 3 aromatic rings. The van der Waals surface area contributed by atoms with Crippen molar-refractivity contribution in [2.75, 3.05) is 16.8 Å². The van der Waals surface area contributed by atoms with Gasteiger partial charge < -0.3 is 10.2 Å². The van der Waals surface area contributed by atoms with E-state index in [1.807, 2.05) is 36.4 Å². The highest BCUT2D eigenvalue weighted by atomic mass is 16.2. The minimum atomic E-state index is -0.215. The molecule has 138 valence electrons. The van der Waals surface area contributed by atoms with E-state index in [1.165, 1.54) is 5.56 Å². The molecule has 5 heteroatoms. The van der Waals surface area contributed by atoms with Gasteiger partial charge in [-0.1, -0.05) is 38.1 Å². The third kappa shape index (κ3) is 3.50. The van der Waals surface area contributed by atoms with E-state index in [4.69, 9.17) is 0 Å². The molecule has 0 aliphatic carbocycles. The average molecular weight is 360 g/mol. The van der Waals surface area contributed by atoms with Crippen LogP contribution in [0.2, 0.25) is 0 Å². The first-order chi connectivity index (χ1) is 13.1. The first-order valence-electron chi connectivity index (χ1n) is 9.50. The van der Waals surface area contributed by atoms with Crippen LogP contribution < -0.4 is 10.2 Å². The Morgan fingerprint density at radius 3 is 2.67 bits per heavy atom. The normalized spacial score (nSPS) is 16.9. The van der Waals surface area contributed by atoms with Gasteiger partial charge in [-0.3, -0.25) is 4.79 Å². The van der Waals surface area contributed by atoms with Gasteiger partial charge in [0.15, 0.2) is 0 Å². The highest BCUT2D eigenvalue weighted by Crippen LogP contribution is 2.30. The average Bonchev–Trinajstić information content (AvgIpc) is 3.18. The fourth-order valence-electron chi connectivity index (χ4n) is 3.69. The van der Waals surface area contributed by atoms with E-state index in [0.717, 1.165) is 41.8 Å². The molecule has 2 aromatic carbocycles. The molecule has 0 saturated carbocycles. The van der Waals surface area contributed by atoms with Crippen LogP contribution in [0.5, 0.6) is 0 Å². The summed E-state index contributed by atoms with van der Waals surface area (Å²) >= 11 is 0. The molecule has 1 amide bonds. The number of hydrogen-bond donors (Lipinski definition) is 1. The van der Waals surface area contributed by atoms with Crippen LogP contribution in [0, 0.1) is 0 Å². The van der Waals surface area contributed by atoms with Gasteiger partial charge in [0.05, 0.1) is 5.52 Å². The second-order valence-corrected chi connectivity index (χ2v) is 7.33. The van der Waals surface area contributed by atoms with Crippen molar-refractivity contribution in [3.8, 4) is 0 Å². The van der Waals surface area contributed by atoms with E-state index in [-0.39, 0.29) is 11.9 Å². The SMILES string of the molecule is CC(C)c1ccc(NC(=O)C2CCCN2c2ncnc3ccccc23)cc1. The van der Waals surface area contributed by atoms with Crippen LogP contribution in [0.4, 0.5) is 11.5 Å². The molecule has 1 atom stereocenters. The molecule has 1 aliphatic rings.